The molecule has 226 valence electrons. The molecule has 6 atom stereocenters. The first-order valence-corrected chi connectivity index (χ1v) is 17.1. The molecule has 0 aromatic heterocycles. The standard InChI is InChI=1S/C30H55NO7Si/c1-12-24(36-9)29(37-19-35-8)22(4)28(34)21(3)16-20(2)25(38-39(10,11)30(5,6)7)15-13-14-23-17-26(32)31-27(33)18-23/h12,16,20,22-25,28-29,34H,1,13-15,17-19H2,2-11H3,(H,31,32,33)/b21-16+/t20-,22+,24-,25+,28-,29-/m0/s1. The van der Waals surface area contributed by atoms with Gasteiger partial charge in [-0.05, 0) is 55.3 Å². The van der Waals surface area contributed by atoms with Crippen LogP contribution in [0.15, 0.2) is 24.3 Å². The number of imide groups is 1. The molecule has 0 spiro atoms. The second kappa shape index (κ2) is 16.2. The highest BCUT2D eigenvalue weighted by molar-refractivity contribution is 6.74. The minimum atomic E-state index is -2.07. The first kappa shape index (κ1) is 35.7. The number of nitrogens with one attached hydrogen (secondary N) is 1. The second-order valence-corrected chi connectivity index (χ2v) is 17.4. The molecule has 39 heavy (non-hydrogen) atoms. The van der Waals surface area contributed by atoms with Crippen LogP contribution in [0.1, 0.15) is 73.6 Å². The summed E-state index contributed by atoms with van der Waals surface area (Å²) < 4.78 is 23.4. The lowest BCUT2D eigenvalue weighted by Crippen LogP contribution is -2.45. The predicted octanol–water partition coefficient (Wildman–Crippen LogP) is 5.37. The molecule has 1 aliphatic rings. The number of methoxy groups -OCH3 is 2. The molecular weight excluding hydrogens is 514 g/mol. The minimum absolute atomic E-state index is 0.0445. The largest absolute Gasteiger partial charge is 0.413 e. The number of amides is 2. The van der Waals surface area contributed by atoms with Crippen LogP contribution in [0.4, 0.5) is 0 Å². The average molecular weight is 570 g/mol. The minimum Gasteiger partial charge on any atom is -0.413 e. The number of aliphatic hydroxyl groups is 1. The summed E-state index contributed by atoms with van der Waals surface area (Å²) in [6.07, 6.45) is 5.45. The quantitative estimate of drug-likeness (QED) is 0.105. The van der Waals surface area contributed by atoms with E-state index in [-0.39, 0.29) is 47.5 Å². The maximum absolute atomic E-state index is 11.8. The molecule has 1 saturated heterocycles. The normalized spacial score (nSPS) is 20.6. The van der Waals surface area contributed by atoms with Crippen LogP contribution in [0.2, 0.25) is 18.1 Å². The van der Waals surface area contributed by atoms with E-state index in [1.54, 1.807) is 20.3 Å². The van der Waals surface area contributed by atoms with E-state index < -0.39 is 26.6 Å². The lowest BCUT2D eigenvalue weighted by Gasteiger charge is -2.41. The number of carbonyl (C=O) groups is 2. The molecule has 1 fully saturated rings. The van der Waals surface area contributed by atoms with Gasteiger partial charge in [0.05, 0.1) is 18.3 Å². The van der Waals surface area contributed by atoms with Crippen LogP contribution in [-0.2, 0) is 28.2 Å². The summed E-state index contributed by atoms with van der Waals surface area (Å²) in [6.45, 7) is 21.1. The number of hydrogen-bond donors (Lipinski definition) is 2. The first-order valence-electron chi connectivity index (χ1n) is 14.2. The summed E-state index contributed by atoms with van der Waals surface area (Å²) in [6, 6.07) is 0. The van der Waals surface area contributed by atoms with E-state index in [2.05, 4.69) is 58.8 Å². The predicted molar refractivity (Wildman–Crippen MR) is 158 cm³/mol. The van der Waals surface area contributed by atoms with Crippen molar-refractivity contribution in [2.75, 3.05) is 21.0 Å². The van der Waals surface area contributed by atoms with Crippen molar-refractivity contribution in [3.63, 3.8) is 0 Å². The topological polar surface area (TPSA) is 103 Å². The highest BCUT2D eigenvalue weighted by atomic mass is 28.4. The van der Waals surface area contributed by atoms with Gasteiger partial charge in [-0.15, -0.1) is 6.58 Å². The lowest BCUT2D eigenvalue weighted by atomic mass is 9.86. The van der Waals surface area contributed by atoms with Crippen molar-refractivity contribution in [2.24, 2.45) is 17.8 Å². The van der Waals surface area contributed by atoms with Crippen molar-refractivity contribution in [2.45, 2.75) is 116 Å². The van der Waals surface area contributed by atoms with Crippen molar-refractivity contribution in [3.05, 3.63) is 24.3 Å². The summed E-state index contributed by atoms with van der Waals surface area (Å²) in [5.41, 5.74) is 0.846. The van der Waals surface area contributed by atoms with Gasteiger partial charge in [0.1, 0.15) is 12.9 Å². The number of carbonyl (C=O) groups excluding carboxylic acids is 2. The van der Waals surface area contributed by atoms with Crippen molar-refractivity contribution < 1.29 is 33.3 Å². The molecule has 0 bridgehead atoms. The summed E-state index contributed by atoms with van der Waals surface area (Å²) in [5.74, 6) is -0.507. The maximum atomic E-state index is 11.8. The highest BCUT2D eigenvalue weighted by Crippen LogP contribution is 2.39. The molecule has 9 heteroatoms. The molecule has 2 N–H and O–H groups in total. The third-order valence-electron chi connectivity index (χ3n) is 8.38. The molecule has 0 radical (unpaired) electrons. The molecule has 0 unspecified atom stereocenters. The Morgan fingerprint density at radius 2 is 1.77 bits per heavy atom. The molecule has 1 rings (SSSR count). The van der Waals surface area contributed by atoms with E-state index in [0.29, 0.717) is 12.8 Å². The van der Waals surface area contributed by atoms with Crippen LogP contribution >= 0.6 is 0 Å². The number of hydrogen-bond acceptors (Lipinski definition) is 7. The zero-order valence-electron chi connectivity index (χ0n) is 26.0. The van der Waals surface area contributed by atoms with Crippen molar-refractivity contribution in [1.82, 2.24) is 5.32 Å². The Bertz CT molecular complexity index is 807. The fourth-order valence-electron chi connectivity index (χ4n) is 4.92. The van der Waals surface area contributed by atoms with Crippen molar-refractivity contribution in [3.8, 4) is 0 Å². The van der Waals surface area contributed by atoms with Gasteiger partial charge in [0.15, 0.2) is 8.32 Å². The molecule has 8 nitrogen and oxygen atoms in total. The molecule has 0 aliphatic carbocycles. The van der Waals surface area contributed by atoms with E-state index in [9.17, 15) is 14.7 Å². The summed E-state index contributed by atoms with van der Waals surface area (Å²) >= 11 is 0. The van der Waals surface area contributed by atoms with Gasteiger partial charge in [-0.25, -0.2) is 0 Å². The van der Waals surface area contributed by atoms with Crippen LogP contribution in [0, 0.1) is 17.8 Å². The van der Waals surface area contributed by atoms with Gasteiger partial charge in [0, 0.05) is 33.0 Å². The fraction of sp³-hybridized carbons (Fsp3) is 0.800. The van der Waals surface area contributed by atoms with E-state index in [0.717, 1.165) is 24.8 Å². The van der Waals surface area contributed by atoms with Crippen LogP contribution in [0.25, 0.3) is 0 Å². The summed E-state index contributed by atoms with van der Waals surface area (Å²) in [4.78, 5) is 23.6. The Labute approximate surface area is 238 Å². The third kappa shape index (κ3) is 11.2. The SMILES string of the molecule is C=C[C@H](OC)[C@@H](OCOC)[C@H](C)[C@@H](O)/C(C)=C/[C@H](C)[C@@H](CCCC1CC(=O)NC(=O)C1)O[Si](C)(C)C(C)(C)C. The van der Waals surface area contributed by atoms with E-state index >= 15 is 0 Å². The van der Waals surface area contributed by atoms with Crippen LogP contribution < -0.4 is 5.32 Å². The number of rotatable bonds is 17. The molecule has 2 amide bonds. The fourth-order valence-corrected chi connectivity index (χ4v) is 6.37. The van der Waals surface area contributed by atoms with E-state index in [4.69, 9.17) is 18.6 Å². The number of aliphatic hydroxyl groups excluding tert-OH is 1. The van der Waals surface area contributed by atoms with Gasteiger partial charge in [-0.2, -0.15) is 0 Å². The van der Waals surface area contributed by atoms with Crippen LogP contribution in [0.3, 0.4) is 0 Å². The van der Waals surface area contributed by atoms with Crippen LogP contribution in [-0.4, -0.2) is 70.7 Å². The van der Waals surface area contributed by atoms with Crippen LogP contribution in [0.5, 0.6) is 0 Å². The summed E-state index contributed by atoms with van der Waals surface area (Å²) in [5, 5.41) is 13.7. The number of ether oxygens (including phenoxy) is 3. The Kier molecular flexibility index (Phi) is 14.8. The highest BCUT2D eigenvalue weighted by Gasteiger charge is 2.40. The van der Waals surface area contributed by atoms with Gasteiger partial charge in [0.25, 0.3) is 0 Å². The van der Waals surface area contributed by atoms with Gasteiger partial charge in [-0.1, -0.05) is 53.2 Å². The van der Waals surface area contributed by atoms with Gasteiger partial charge in [-0.3, -0.25) is 14.9 Å². The summed E-state index contributed by atoms with van der Waals surface area (Å²) in [7, 11) is 1.08. The molecule has 0 aromatic rings. The monoisotopic (exact) mass is 569 g/mol. The zero-order chi connectivity index (χ0) is 30.0. The molecule has 1 heterocycles. The molecule has 1 aliphatic heterocycles. The lowest BCUT2D eigenvalue weighted by molar-refractivity contribution is -0.139. The second-order valence-electron chi connectivity index (χ2n) is 12.6. The Morgan fingerprint density at radius 3 is 2.26 bits per heavy atom. The Morgan fingerprint density at radius 1 is 1.18 bits per heavy atom. The van der Waals surface area contributed by atoms with Gasteiger partial charge < -0.3 is 23.7 Å². The van der Waals surface area contributed by atoms with Gasteiger partial charge >= 0.3 is 0 Å². The maximum Gasteiger partial charge on any atom is 0.226 e. The molecule has 0 aromatic carbocycles. The number of piperidine rings is 1. The molecule has 0 saturated carbocycles. The smallest absolute Gasteiger partial charge is 0.226 e. The van der Waals surface area contributed by atoms with Crippen molar-refractivity contribution >= 4 is 20.1 Å². The van der Waals surface area contributed by atoms with Gasteiger partial charge in [0.2, 0.25) is 11.8 Å². The van der Waals surface area contributed by atoms with E-state index in [1.165, 1.54) is 0 Å². The Hall–Kier alpha value is -1.36. The first-order chi connectivity index (χ1) is 18.1. The average Bonchev–Trinajstić information content (AvgIpc) is 2.83. The zero-order valence-corrected chi connectivity index (χ0v) is 27.0. The van der Waals surface area contributed by atoms with E-state index in [1.807, 2.05) is 13.8 Å². The third-order valence-corrected chi connectivity index (χ3v) is 12.9. The Balaban J connectivity index is 3.07. The van der Waals surface area contributed by atoms with Crippen molar-refractivity contribution in [1.29, 1.82) is 0 Å². The molecular formula is C30H55NO7Si.